The van der Waals surface area contributed by atoms with E-state index in [1.165, 1.54) is 4.88 Å². The monoisotopic (exact) mass is 488 g/mol. The number of anilines is 1. The van der Waals surface area contributed by atoms with Gasteiger partial charge in [-0.3, -0.25) is 9.59 Å². The average Bonchev–Trinajstić information content (AvgIpc) is 3.54. The Morgan fingerprint density at radius 3 is 2.71 bits per heavy atom. The molecule has 1 atom stereocenters. The van der Waals surface area contributed by atoms with Crippen LogP contribution in [0.1, 0.15) is 45.5 Å². The molecule has 2 aromatic carbocycles. The molecule has 0 saturated carbocycles. The van der Waals surface area contributed by atoms with Crippen LogP contribution in [-0.2, 0) is 18.3 Å². The van der Waals surface area contributed by atoms with Gasteiger partial charge >= 0.3 is 0 Å². The smallest absolute Gasteiger partial charge is 0.252 e. The molecule has 180 valence electrons. The summed E-state index contributed by atoms with van der Waals surface area (Å²) in [5.41, 5.74) is 1.89. The summed E-state index contributed by atoms with van der Waals surface area (Å²) in [6.07, 6.45) is 5.61. The molecule has 2 aromatic heterocycles. The number of aromatic nitrogens is 2. The van der Waals surface area contributed by atoms with Crippen molar-refractivity contribution in [2.45, 2.75) is 25.3 Å². The van der Waals surface area contributed by atoms with E-state index in [-0.39, 0.29) is 11.8 Å². The molecule has 0 bridgehead atoms. The summed E-state index contributed by atoms with van der Waals surface area (Å²) in [6, 6.07) is 18.1. The van der Waals surface area contributed by atoms with Crippen molar-refractivity contribution < 1.29 is 14.3 Å². The number of ether oxygens (including phenoxy) is 1. The quantitative estimate of drug-likeness (QED) is 0.330. The highest BCUT2D eigenvalue weighted by Crippen LogP contribution is 2.25. The molecular formula is C27H28N4O3S. The van der Waals surface area contributed by atoms with Gasteiger partial charge in [-0.05, 0) is 60.2 Å². The lowest BCUT2D eigenvalue weighted by Gasteiger charge is -2.20. The second kappa shape index (κ2) is 11.5. The summed E-state index contributed by atoms with van der Waals surface area (Å²) in [5.74, 6) is 1.05. The van der Waals surface area contributed by atoms with E-state index in [9.17, 15) is 9.59 Å². The first-order valence-electron chi connectivity index (χ1n) is 11.4. The van der Waals surface area contributed by atoms with Crippen molar-refractivity contribution >= 4 is 28.8 Å². The number of methoxy groups -OCH3 is 1. The van der Waals surface area contributed by atoms with E-state index < -0.39 is 6.04 Å². The predicted octanol–water partition coefficient (Wildman–Crippen LogP) is 4.97. The molecule has 4 rings (SSSR count). The number of imidazole rings is 1. The minimum atomic E-state index is -0.479. The molecule has 0 radical (unpaired) electrons. The number of thiophene rings is 1. The van der Waals surface area contributed by atoms with Gasteiger partial charge in [0.1, 0.15) is 17.6 Å². The summed E-state index contributed by atoms with van der Waals surface area (Å²) in [4.78, 5) is 31.4. The maximum Gasteiger partial charge on any atom is 0.252 e. The van der Waals surface area contributed by atoms with Gasteiger partial charge in [0.2, 0.25) is 5.91 Å². The highest BCUT2D eigenvalue weighted by Gasteiger charge is 2.22. The van der Waals surface area contributed by atoms with Gasteiger partial charge < -0.3 is 19.9 Å². The highest BCUT2D eigenvalue weighted by molar-refractivity contribution is 7.09. The summed E-state index contributed by atoms with van der Waals surface area (Å²) in [5, 5.41) is 8.03. The van der Waals surface area contributed by atoms with Crippen molar-refractivity contribution in [2.24, 2.45) is 7.05 Å². The van der Waals surface area contributed by atoms with E-state index >= 15 is 0 Å². The molecule has 2 N–H and O–H groups in total. The summed E-state index contributed by atoms with van der Waals surface area (Å²) in [6.45, 7) is 0. The molecule has 0 aliphatic heterocycles. The molecule has 0 aliphatic carbocycles. The summed E-state index contributed by atoms with van der Waals surface area (Å²) >= 11 is 1.70. The van der Waals surface area contributed by atoms with Gasteiger partial charge in [0.05, 0.1) is 7.11 Å². The Balaban J connectivity index is 1.45. The van der Waals surface area contributed by atoms with Gasteiger partial charge in [0.25, 0.3) is 5.91 Å². The van der Waals surface area contributed by atoms with Crippen LogP contribution in [0.2, 0.25) is 0 Å². The van der Waals surface area contributed by atoms with Crippen molar-refractivity contribution in [3.05, 3.63) is 100 Å². The fourth-order valence-corrected chi connectivity index (χ4v) is 4.58. The minimum absolute atomic E-state index is 0.0682. The maximum atomic E-state index is 13.2. The molecule has 8 heteroatoms. The number of carbonyl (C=O) groups is 2. The third kappa shape index (κ3) is 6.36. The standard InChI is InChI=1S/C27H28N4O3S/c1-31-15-14-28-26(31)25(19-7-4-10-22(18-19)34-2)30-27(33)20-8-3-9-21(17-20)29-24(32)13-5-11-23-12-6-16-35-23/h3-4,6-10,12,14-18,25H,5,11,13H2,1-2H3,(H,29,32)(H,30,33). The van der Waals surface area contributed by atoms with Crippen molar-refractivity contribution in [2.75, 3.05) is 12.4 Å². The first-order chi connectivity index (χ1) is 17.0. The Morgan fingerprint density at radius 1 is 1.11 bits per heavy atom. The number of carbonyl (C=O) groups excluding carboxylic acids is 2. The summed E-state index contributed by atoms with van der Waals surface area (Å²) in [7, 11) is 3.49. The second-order valence-electron chi connectivity index (χ2n) is 8.14. The first kappa shape index (κ1) is 24.2. The maximum absolute atomic E-state index is 13.2. The van der Waals surface area contributed by atoms with Gasteiger partial charge in [0, 0.05) is 42.0 Å². The number of aryl methyl sites for hydroxylation is 2. The van der Waals surface area contributed by atoms with E-state index in [1.54, 1.807) is 48.9 Å². The molecular weight excluding hydrogens is 460 g/mol. The molecule has 0 fully saturated rings. The van der Waals surface area contributed by atoms with E-state index in [0.29, 0.717) is 29.2 Å². The molecule has 4 aromatic rings. The van der Waals surface area contributed by atoms with Crippen molar-refractivity contribution in [3.8, 4) is 5.75 Å². The minimum Gasteiger partial charge on any atom is -0.497 e. The number of amides is 2. The van der Waals surface area contributed by atoms with Crippen LogP contribution < -0.4 is 15.4 Å². The Hall–Kier alpha value is -3.91. The van der Waals surface area contributed by atoms with Crippen LogP contribution in [0.15, 0.2) is 78.4 Å². The number of rotatable bonds is 10. The van der Waals surface area contributed by atoms with Crippen LogP contribution in [0.5, 0.6) is 5.75 Å². The Kier molecular flexibility index (Phi) is 7.95. The van der Waals surface area contributed by atoms with Gasteiger partial charge in [-0.2, -0.15) is 0 Å². The van der Waals surface area contributed by atoms with Crippen molar-refractivity contribution in [1.82, 2.24) is 14.9 Å². The third-order valence-electron chi connectivity index (χ3n) is 5.63. The SMILES string of the molecule is COc1cccc(C(NC(=O)c2cccc(NC(=O)CCCc3cccs3)c2)c2nccn2C)c1. The van der Waals surface area contributed by atoms with Gasteiger partial charge in [-0.25, -0.2) is 4.98 Å². The zero-order valence-corrected chi connectivity index (χ0v) is 20.5. The zero-order chi connectivity index (χ0) is 24.6. The number of hydrogen-bond donors (Lipinski definition) is 2. The van der Waals surface area contributed by atoms with Crippen molar-refractivity contribution in [1.29, 1.82) is 0 Å². The van der Waals surface area contributed by atoms with Gasteiger partial charge in [-0.1, -0.05) is 24.3 Å². The van der Waals surface area contributed by atoms with Crippen LogP contribution in [0.25, 0.3) is 0 Å². The fourth-order valence-electron chi connectivity index (χ4n) is 3.83. The highest BCUT2D eigenvalue weighted by atomic mass is 32.1. The number of hydrogen-bond acceptors (Lipinski definition) is 5. The predicted molar refractivity (Wildman–Crippen MR) is 138 cm³/mol. The van der Waals surface area contributed by atoms with E-state index in [4.69, 9.17) is 4.74 Å². The van der Waals surface area contributed by atoms with Crippen LogP contribution in [0.3, 0.4) is 0 Å². The topological polar surface area (TPSA) is 85.2 Å². The molecule has 2 heterocycles. The Bertz CT molecular complexity index is 1280. The van der Waals surface area contributed by atoms with E-state index in [1.807, 2.05) is 53.5 Å². The molecule has 0 spiro atoms. The van der Waals surface area contributed by atoms with Gasteiger partial charge in [-0.15, -0.1) is 11.3 Å². The molecule has 0 saturated heterocycles. The molecule has 7 nitrogen and oxygen atoms in total. The van der Waals surface area contributed by atoms with Crippen LogP contribution in [0, 0.1) is 0 Å². The lowest BCUT2D eigenvalue weighted by atomic mass is 10.0. The zero-order valence-electron chi connectivity index (χ0n) is 19.7. The van der Waals surface area contributed by atoms with Crippen LogP contribution in [0.4, 0.5) is 5.69 Å². The summed E-state index contributed by atoms with van der Waals surface area (Å²) < 4.78 is 7.24. The second-order valence-corrected chi connectivity index (χ2v) is 9.17. The average molecular weight is 489 g/mol. The van der Waals surface area contributed by atoms with Crippen molar-refractivity contribution in [3.63, 3.8) is 0 Å². The third-order valence-corrected chi connectivity index (χ3v) is 6.57. The fraction of sp³-hybridized carbons (Fsp3) is 0.222. The van der Waals surface area contributed by atoms with Crippen LogP contribution >= 0.6 is 11.3 Å². The molecule has 0 aliphatic rings. The lowest BCUT2D eigenvalue weighted by Crippen LogP contribution is -2.31. The largest absolute Gasteiger partial charge is 0.497 e. The molecule has 35 heavy (non-hydrogen) atoms. The van der Waals surface area contributed by atoms with E-state index in [0.717, 1.165) is 18.4 Å². The first-order valence-corrected chi connectivity index (χ1v) is 12.3. The van der Waals surface area contributed by atoms with Crippen LogP contribution in [-0.4, -0.2) is 28.5 Å². The number of nitrogens with zero attached hydrogens (tertiary/aromatic N) is 2. The Morgan fingerprint density at radius 2 is 1.97 bits per heavy atom. The number of benzene rings is 2. The van der Waals surface area contributed by atoms with E-state index in [2.05, 4.69) is 21.7 Å². The molecule has 1 unspecified atom stereocenters. The van der Waals surface area contributed by atoms with Gasteiger partial charge in [0.15, 0.2) is 0 Å². The molecule has 2 amide bonds. The number of nitrogens with one attached hydrogen (secondary N) is 2. The Labute approximate surface area is 208 Å². The lowest BCUT2D eigenvalue weighted by molar-refractivity contribution is -0.116. The normalized spacial score (nSPS) is 11.6.